The molecule has 1 aliphatic carbocycles. The molecule has 1 N–H and O–H groups in total. The van der Waals surface area contributed by atoms with Crippen molar-refractivity contribution in [3.8, 4) is 0 Å². The summed E-state index contributed by atoms with van der Waals surface area (Å²) in [4.78, 5) is 0. The van der Waals surface area contributed by atoms with Crippen molar-refractivity contribution in [1.82, 2.24) is 5.32 Å². The number of hydrogen-bond donors (Lipinski definition) is 1. The highest BCUT2D eigenvalue weighted by Crippen LogP contribution is 2.34. The molecule has 0 aromatic rings. The highest BCUT2D eigenvalue weighted by Gasteiger charge is 2.36. The number of ether oxygens (including phenoxy) is 1. The van der Waals surface area contributed by atoms with Crippen molar-refractivity contribution < 1.29 is 4.74 Å². The lowest BCUT2D eigenvalue weighted by Crippen LogP contribution is -2.48. The van der Waals surface area contributed by atoms with E-state index in [4.69, 9.17) is 4.74 Å². The first-order valence-electron chi connectivity index (χ1n) is 8.80. The maximum Gasteiger partial charge on any atom is 0.0806 e. The summed E-state index contributed by atoms with van der Waals surface area (Å²) in [6.45, 7) is 13.3. The van der Waals surface area contributed by atoms with Gasteiger partial charge in [0.15, 0.2) is 0 Å². The van der Waals surface area contributed by atoms with Crippen LogP contribution in [0.4, 0.5) is 0 Å². The van der Waals surface area contributed by atoms with E-state index in [2.05, 4.69) is 39.9 Å². The van der Waals surface area contributed by atoms with Crippen molar-refractivity contribution in [3.63, 3.8) is 0 Å². The molecule has 2 heteroatoms. The van der Waals surface area contributed by atoms with E-state index in [0.29, 0.717) is 0 Å². The van der Waals surface area contributed by atoms with Gasteiger partial charge in [-0.2, -0.15) is 0 Å². The lowest BCUT2D eigenvalue weighted by Gasteiger charge is -2.35. The summed E-state index contributed by atoms with van der Waals surface area (Å²) in [7, 11) is 0. The van der Waals surface area contributed by atoms with Crippen molar-refractivity contribution in [3.05, 3.63) is 0 Å². The summed E-state index contributed by atoms with van der Waals surface area (Å²) in [6, 6.07) is 0. The van der Waals surface area contributed by atoms with E-state index in [1.54, 1.807) is 0 Å². The summed E-state index contributed by atoms with van der Waals surface area (Å²) in [5.41, 5.74) is 0.304. The van der Waals surface area contributed by atoms with E-state index in [9.17, 15) is 0 Å². The Hall–Kier alpha value is -0.0800. The Labute approximate surface area is 127 Å². The van der Waals surface area contributed by atoms with Crippen molar-refractivity contribution in [2.45, 2.75) is 97.1 Å². The highest BCUT2D eigenvalue weighted by molar-refractivity contribution is 4.91. The fraction of sp³-hybridized carbons (Fsp3) is 1.00. The second kappa shape index (κ2) is 8.38. The molecule has 1 rings (SSSR count). The van der Waals surface area contributed by atoms with Crippen LogP contribution in [0, 0.1) is 5.92 Å². The monoisotopic (exact) mass is 283 g/mol. The Balaban J connectivity index is 2.45. The van der Waals surface area contributed by atoms with Crippen molar-refractivity contribution in [2.24, 2.45) is 5.92 Å². The molecule has 0 aliphatic heterocycles. The zero-order valence-corrected chi connectivity index (χ0v) is 14.6. The minimum absolute atomic E-state index is 0.118. The van der Waals surface area contributed by atoms with Gasteiger partial charge in [-0.1, -0.05) is 46.0 Å². The first-order valence-corrected chi connectivity index (χ1v) is 8.80. The number of unbranched alkanes of at least 4 members (excludes halogenated alkanes) is 1. The average molecular weight is 284 g/mol. The second-order valence-electron chi connectivity index (χ2n) is 7.72. The smallest absolute Gasteiger partial charge is 0.0806 e. The van der Waals surface area contributed by atoms with E-state index < -0.39 is 0 Å². The molecule has 0 bridgehead atoms. The van der Waals surface area contributed by atoms with Crippen molar-refractivity contribution in [1.29, 1.82) is 0 Å². The summed E-state index contributed by atoms with van der Waals surface area (Å²) in [6.07, 6.45) is 10.4. The summed E-state index contributed by atoms with van der Waals surface area (Å²) < 4.78 is 6.47. The van der Waals surface area contributed by atoms with Crippen molar-refractivity contribution >= 4 is 0 Å². The van der Waals surface area contributed by atoms with Gasteiger partial charge in [0.1, 0.15) is 0 Å². The first-order chi connectivity index (χ1) is 9.41. The second-order valence-corrected chi connectivity index (χ2v) is 7.72. The van der Waals surface area contributed by atoms with Crippen LogP contribution in [0.15, 0.2) is 0 Å². The van der Waals surface area contributed by atoms with E-state index in [1.165, 1.54) is 51.4 Å². The van der Waals surface area contributed by atoms with E-state index >= 15 is 0 Å². The van der Waals surface area contributed by atoms with Gasteiger partial charge >= 0.3 is 0 Å². The summed E-state index contributed by atoms with van der Waals surface area (Å²) >= 11 is 0. The predicted octanol–water partition coefficient (Wildman–Crippen LogP) is 4.92. The predicted molar refractivity (Wildman–Crippen MR) is 88.2 cm³/mol. The fourth-order valence-corrected chi connectivity index (χ4v) is 3.01. The van der Waals surface area contributed by atoms with Gasteiger partial charge in [0, 0.05) is 12.1 Å². The lowest BCUT2D eigenvalue weighted by atomic mass is 9.97. The number of rotatable bonds is 9. The van der Waals surface area contributed by atoms with Crippen LogP contribution in [0.25, 0.3) is 0 Å². The number of nitrogens with one attached hydrogen (secondary N) is 1. The molecule has 0 heterocycles. The fourth-order valence-electron chi connectivity index (χ4n) is 3.01. The molecule has 1 fully saturated rings. The van der Waals surface area contributed by atoms with Gasteiger partial charge in [-0.05, 0) is 46.0 Å². The SMILES string of the molecule is CCCCC(CC)COC1(CNC(C)(C)C)CCCC1. The molecular formula is C18H37NO. The Bertz CT molecular complexity index is 251. The zero-order valence-electron chi connectivity index (χ0n) is 14.6. The van der Waals surface area contributed by atoms with Crippen LogP contribution < -0.4 is 5.32 Å². The zero-order chi connectivity index (χ0) is 15.1. The molecule has 1 saturated carbocycles. The topological polar surface area (TPSA) is 21.3 Å². The molecule has 0 amide bonds. The first kappa shape index (κ1) is 18.0. The van der Waals surface area contributed by atoms with Crippen LogP contribution >= 0.6 is 0 Å². The third kappa shape index (κ3) is 6.58. The Morgan fingerprint density at radius 1 is 1.15 bits per heavy atom. The highest BCUT2D eigenvalue weighted by atomic mass is 16.5. The molecule has 0 saturated heterocycles. The lowest BCUT2D eigenvalue weighted by molar-refractivity contribution is -0.0595. The maximum absolute atomic E-state index is 6.47. The molecule has 1 atom stereocenters. The molecule has 120 valence electrons. The van der Waals surface area contributed by atoms with E-state index in [0.717, 1.165) is 19.1 Å². The normalized spacial score (nSPS) is 20.2. The maximum atomic E-state index is 6.47. The van der Waals surface area contributed by atoms with Crippen LogP contribution in [0.5, 0.6) is 0 Å². The molecular weight excluding hydrogens is 246 g/mol. The Kier molecular flexibility index (Phi) is 7.53. The van der Waals surface area contributed by atoms with Crippen LogP contribution in [0.2, 0.25) is 0 Å². The van der Waals surface area contributed by atoms with Gasteiger partial charge in [-0.15, -0.1) is 0 Å². The number of hydrogen-bond acceptors (Lipinski definition) is 2. The summed E-state index contributed by atoms with van der Waals surface area (Å²) in [5.74, 6) is 0.752. The molecule has 20 heavy (non-hydrogen) atoms. The average Bonchev–Trinajstić information content (AvgIpc) is 2.85. The van der Waals surface area contributed by atoms with Gasteiger partial charge in [0.05, 0.1) is 12.2 Å². The molecule has 0 spiro atoms. The van der Waals surface area contributed by atoms with E-state index in [-0.39, 0.29) is 11.1 Å². The van der Waals surface area contributed by atoms with E-state index in [1.807, 2.05) is 0 Å². The summed E-state index contributed by atoms with van der Waals surface area (Å²) in [5, 5.41) is 3.66. The third-order valence-electron chi connectivity index (χ3n) is 4.62. The van der Waals surface area contributed by atoms with Crippen LogP contribution in [0.3, 0.4) is 0 Å². The van der Waals surface area contributed by atoms with Crippen LogP contribution in [0.1, 0.15) is 86.0 Å². The van der Waals surface area contributed by atoms with Gasteiger partial charge in [-0.3, -0.25) is 0 Å². The van der Waals surface area contributed by atoms with Crippen LogP contribution in [-0.2, 0) is 4.74 Å². The molecule has 0 aromatic heterocycles. The molecule has 2 nitrogen and oxygen atoms in total. The van der Waals surface area contributed by atoms with Crippen molar-refractivity contribution in [2.75, 3.05) is 13.2 Å². The largest absolute Gasteiger partial charge is 0.373 e. The molecule has 1 aliphatic rings. The minimum Gasteiger partial charge on any atom is -0.373 e. The molecule has 0 aromatic carbocycles. The third-order valence-corrected chi connectivity index (χ3v) is 4.62. The Morgan fingerprint density at radius 2 is 1.80 bits per heavy atom. The molecule has 0 radical (unpaired) electrons. The van der Waals surface area contributed by atoms with Gasteiger partial charge in [-0.25, -0.2) is 0 Å². The minimum atomic E-state index is 0.118. The van der Waals surface area contributed by atoms with Gasteiger partial charge < -0.3 is 10.1 Å². The van der Waals surface area contributed by atoms with Gasteiger partial charge in [0.25, 0.3) is 0 Å². The molecule has 1 unspecified atom stereocenters. The Morgan fingerprint density at radius 3 is 2.30 bits per heavy atom. The van der Waals surface area contributed by atoms with Crippen LogP contribution in [-0.4, -0.2) is 24.3 Å². The quantitative estimate of drug-likeness (QED) is 0.648. The van der Waals surface area contributed by atoms with Gasteiger partial charge in [0.2, 0.25) is 0 Å². The standard InChI is InChI=1S/C18H37NO/c1-6-8-11-16(7-2)14-20-18(12-9-10-13-18)15-19-17(3,4)5/h16,19H,6-15H2,1-5H3.